The number of hydrogen-bond donors (Lipinski definition) is 2. The van der Waals surface area contributed by atoms with Gasteiger partial charge in [-0.25, -0.2) is 9.78 Å². The minimum Gasteiger partial charge on any atom is -0.478 e. The van der Waals surface area contributed by atoms with Crippen LogP contribution in [-0.2, 0) is 11.2 Å². The number of nitrogens with zero attached hydrogens (tertiary/aromatic N) is 1. The number of ketones is 1. The molecule has 0 bridgehead atoms. The molecule has 0 saturated carbocycles. The van der Waals surface area contributed by atoms with Gasteiger partial charge in [0.2, 0.25) is 0 Å². The summed E-state index contributed by atoms with van der Waals surface area (Å²) in [6, 6.07) is 27.7. The Morgan fingerprint density at radius 1 is 0.923 bits per heavy atom. The number of rotatable bonds is 10. The van der Waals surface area contributed by atoms with Gasteiger partial charge in [-0.15, -0.1) is 0 Å². The number of carboxylic acids is 1. The standard InChI is InChI=1S/C32H27ClN2O4/c1-39-19-21(15-20-7-3-2-4-8-20)16-30(36)22-11-13-24(27(17-22)32(37)38)26-18-23(33)12-14-25(26)31-34-28-9-5-6-10-29(28)35-31/h2-14,17-18,21H,15-16,19H2,1H3,(H,34,35)(H,37,38)/t21-/m1/s1. The summed E-state index contributed by atoms with van der Waals surface area (Å²) in [4.78, 5) is 33.7. The maximum Gasteiger partial charge on any atom is 0.336 e. The predicted octanol–water partition coefficient (Wildman–Crippen LogP) is 7.33. The monoisotopic (exact) mass is 538 g/mol. The minimum atomic E-state index is -1.13. The van der Waals surface area contributed by atoms with E-state index in [1.807, 2.05) is 60.7 Å². The van der Waals surface area contributed by atoms with Gasteiger partial charge in [0.1, 0.15) is 5.82 Å². The number of halogens is 1. The summed E-state index contributed by atoms with van der Waals surface area (Å²) in [6.07, 6.45) is 0.927. The van der Waals surface area contributed by atoms with E-state index in [4.69, 9.17) is 21.3 Å². The molecule has 1 heterocycles. The molecule has 0 aliphatic rings. The Labute approximate surface area is 231 Å². The summed E-state index contributed by atoms with van der Waals surface area (Å²) >= 11 is 6.36. The zero-order valence-corrected chi connectivity index (χ0v) is 22.1. The van der Waals surface area contributed by atoms with Gasteiger partial charge in [0.25, 0.3) is 0 Å². The number of benzene rings is 4. The van der Waals surface area contributed by atoms with Gasteiger partial charge in [0.15, 0.2) is 5.78 Å². The van der Waals surface area contributed by atoms with Crippen LogP contribution in [-0.4, -0.2) is 40.5 Å². The van der Waals surface area contributed by atoms with Crippen LogP contribution in [0.2, 0.25) is 5.02 Å². The molecule has 0 unspecified atom stereocenters. The van der Waals surface area contributed by atoms with Gasteiger partial charge in [-0.2, -0.15) is 0 Å². The van der Waals surface area contributed by atoms with Gasteiger partial charge >= 0.3 is 5.97 Å². The fourth-order valence-electron chi connectivity index (χ4n) is 4.91. The number of H-pyrrole nitrogens is 1. The number of aromatic nitrogens is 2. The molecule has 1 aromatic heterocycles. The van der Waals surface area contributed by atoms with Gasteiger partial charge in [-0.1, -0.05) is 66.2 Å². The largest absolute Gasteiger partial charge is 0.478 e. The Bertz CT molecular complexity index is 1610. The fourth-order valence-corrected chi connectivity index (χ4v) is 5.08. The molecule has 0 aliphatic heterocycles. The Morgan fingerprint density at radius 3 is 2.41 bits per heavy atom. The molecule has 5 aromatic rings. The molecule has 2 N–H and O–H groups in total. The van der Waals surface area contributed by atoms with Crippen molar-refractivity contribution in [3.8, 4) is 22.5 Å². The van der Waals surface area contributed by atoms with Crippen molar-refractivity contribution in [2.24, 2.45) is 5.92 Å². The number of Topliss-reactive ketones (excluding diaryl/α,β-unsaturated/α-hetero) is 1. The van der Waals surface area contributed by atoms with E-state index < -0.39 is 5.97 Å². The number of nitrogens with one attached hydrogen (secondary N) is 1. The number of aromatic carboxylic acids is 1. The van der Waals surface area contributed by atoms with Gasteiger partial charge in [0.05, 0.1) is 16.6 Å². The number of hydrogen-bond acceptors (Lipinski definition) is 4. The second kappa shape index (κ2) is 11.6. The van der Waals surface area contributed by atoms with Crippen LogP contribution < -0.4 is 0 Å². The molecule has 0 amide bonds. The second-order valence-electron chi connectivity index (χ2n) is 9.50. The molecule has 0 radical (unpaired) electrons. The highest BCUT2D eigenvalue weighted by Crippen LogP contribution is 2.36. The molecule has 4 aromatic carbocycles. The van der Waals surface area contributed by atoms with Crippen LogP contribution in [0.3, 0.4) is 0 Å². The fraction of sp³-hybridized carbons (Fsp3) is 0.156. The highest BCUT2D eigenvalue weighted by Gasteiger charge is 2.22. The van der Waals surface area contributed by atoms with Crippen LogP contribution in [0.5, 0.6) is 0 Å². The molecule has 196 valence electrons. The summed E-state index contributed by atoms with van der Waals surface area (Å²) in [7, 11) is 1.62. The van der Waals surface area contributed by atoms with Crippen molar-refractivity contribution in [1.82, 2.24) is 9.97 Å². The van der Waals surface area contributed by atoms with E-state index >= 15 is 0 Å². The number of para-hydroxylation sites is 2. The Hall–Kier alpha value is -4.26. The van der Waals surface area contributed by atoms with Crippen LogP contribution in [0.4, 0.5) is 0 Å². The number of methoxy groups -OCH3 is 1. The number of aromatic amines is 1. The van der Waals surface area contributed by atoms with Crippen molar-refractivity contribution in [2.45, 2.75) is 12.8 Å². The summed E-state index contributed by atoms with van der Waals surface area (Å²) < 4.78 is 5.37. The minimum absolute atomic E-state index is 0.0202. The first-order valence-electron chi connectivity index (χ1n) is 12.6. The van der Waals surface area contributed by atoms with E-state index in [1.54, 1.807) is 31.4 Å². The van der Waals surface area contributed by atoms with Crippen LogP contribution in [0.15, 0.2) is 91.0 Å². The molecule has 5 rings (SSSR count). The number of imidazole rings is 1. The lowest BCUT2D eigenvalue weighted by atomic mass is 9.89. The van der Waals surface area contributed by atoms with Crippen molar-refractivity contribution in [3.63, 3.8) is 0 Å². The molecule has 1 atom stereocenters. The van der Waals surface area contributed by atoms with Crippen LogP contribution in [0, 0.1) is 5.92 Å². The van der Waals surface area contributed by atoms with Crippen molar-refractivity contribution in [1.29, 1.82) is 0 Å². The van der Waals surface area contributed by atoms with Crippen LogP contribution in [0.1, 0.15) is 32.7 Å². The Balaban J connectivity index is 1.49. The van der Waals surface area contributed by atoms with E-state index in [0.717, 1.165) is 16.6 Å². The SMILES string of the molecule is COC[C@@H](CC(=O)c1ccc(-c2cc(Cl)ccc2-c2nc3ccccc3[nH]2)c(C(=O)O)c1)Cc1ccccc1. The second-order valence-corrected chi connectivity index (χ2v) is 9.93. The quantitative estimate of drug-likeness (QED) is 0.182. The average Bonchev–Trinajstić information content (AvgIpc) is 3.37. The summed E-state index contributed by atoms with van der Waals surface area (Å²) in [5.74, 6) is -0.702. The molecule has 0 saturated heterocycles. The number of carboxylic acid groups (broad SMARTS) is 1. The van der Waals surface area contributed by atoms with E-state index in [1.165, 1.54) is 6.07 Å². The molecule has 6 nitrogen and oxygen atoms in total. The van der Waals surface area contributed by atoms with Gasteiger partial charge in [-0.3, -0.25) is 4.79 Å². The Kier molecular flexibility index (Phi) is 7.87. The Morgan fingerprint density at radius 2 is 1.67 bits per heavy atom. The van der Waals surface area contributed by atoms with E-state index in [9.17, 15) is 14.7 Å². The lowest BCUT2D eigenvalue weighted by Crippen LogP contribution is -2.17. The van der Waals surface area contributed by atoms with Crippen molar-refractivity contribution in [2.75, 3.05) is 13.7 Å². The van der Waals surface area contributed by atoms with E-state index in [0.29, 0.717) is 46.1 Å². The van der Waals surface area contributed by atoms with Crippen LogP contribution in [0.25, 0.3) is 33.5 Å². The van der Waals surface area contributed by atoms with Crippen molar-refractivity contribution >= 4 is 34.4 Å². The van der Waals surface area contributed by atoms with E-state index in [-0.39, 0.29) is 23.7 Å². The van der Waals surface area contributed by atoms with Crippen molar-refractivity contribution in [3.05, 3.63) is 113 Å². The van der Waals surface area contributed by atoms with Crippen LogP contribution >= 0.6 is 11.6 Å². The topological polar surface area (TPSA) is 92.3 Å². The first kappa shape index (κ1) is 26.4. The zero-order valence-electron chi connectivity index (χ0n) is 21.4. The highest BCUT2D eigenvalue weighted by atomic mass is 35.5. The smallest absolute Gasteiger partial charge is 0.336 e. The lowest BCUT2D eigenvalue weighted by molar-refractivity contribution is 0.0697. The first-order valence-corrected chi connectivity index (χ1v) is 13.0. The third kappa shape index (κ3) is 5.93. The third-order valence-corrected chi connectivity index (χ3v) is 6.97. The lowest BCUT2D eigenvalue weighted by Gasteiger charge is -2.16. The number of ether oxygens (including phenoxy) is 1. The van der Waals surface area contributed by atoms with Gasteiger partial charge < -0.3 is 14.8 Å². The van der Waals surface area contributed by atoms with Crippen molar-refractivity contribution < 1.29 is 19.4 Å². The highest BCUT2D eigenvalue weighted by molar-refractivity contribution is 6.31. The van der Waals surface area contributed by atoms with E-state index in [2.05, 4.69) is 4.98 Å². The average molecular weight is 539 g/mol. The van der Waals surface area contributed by atoms with Gasteiger partial charge in [0, 0.05) is 36.3 Å². The predicted molar refractivity (Wildman–Crippen MR) is 153 cm³/mol. The van der Waals surface area contributed by atoms with Gasteiger partial charge in [-0.05, 0) is 65.4 Å². The molecule has 39 heavy (non-hydrogen) atoms. The zero-order chi connectivity index (χ0) is 27.4. The maximum atomic E-state index is 13.3. The molecular formula is C32H27ClN2O4. The molecular weight excluding hydrogens is 512 g/mol. The molecule has 0 fully saturated rings. The summed E-state index contributed by atoms with van der Waals surface area (Å²) in [5.41, 5.74) is 4.93. The normalized spacial score (nSPS) is 11.9. The molecule has 0 aliphatic carbocycles. The number of carbonyl (C=O) groups excluding carboxylic acids is 1. The number of carbonyl (C=O) groups is 2. The summed E-state index contributed by atoms with van der Waals surface area (Å²) in [6.45, 7) is 0.424. The molecule has 7 heteroatoms. The molecule has 0 spiro atoms. The first-order chi connectivity index (χ1) is 18.9. The maximum absolute atomic E-state index is 13.3. The third-order valence-electron chi connectivity index (χ3n) is 6.73. The number of fused-ring (bicyclic) bond motifs is 1. The summed E-state index contributed by atoms with van der Waals surface area (Å²) in [5, 5.41) is 10.6.